The van der Waals surface area contributed by atoms with Crippen LogP contribution in [0.2, 0.25) is 0 Å². The van der Waals surface area contributed by atoms with Gasteiger partial charge in [-0.3, -0.25) is 28.2 Å². The molecule has 350 valence electrons. The van der Waals surface area contributed by atoms with E-state index in [1.54, 1.807) is 12.2 Å². The van der Waals surface area contributed by atoms with Crippen LogP contribution in [-0.4, -0.2) is 65.7 Å². The van der Waals surface area contributed by atoms with Gasteiger partial charge in [-0.15, -0.1) is 0 Å². The number of carbonyl (C=O) groups is 4. The Balaban J connectivity index is 4.50. The first-order valence-electron chi connectivity index (χ1n) is 23.3. The van der Waals surface area contributed by atoms with Gasteiger partial charge in [0, 0.05) is 19.3 Å². The first-order chi connectivity index (χ1) is 29.5. The smallest absolute Gasteiger partial charge is 0.472 e. The number of phosphoric ester groups is 1. The Morgan fingerprint density at radius 3 is 1.64 bits per heavy atom. The van der Waals surface area contributed by atoms with Gasteiger partial charge in [0.2, 0.25) is 0 Å². The molecule has 0 spiro atoms. The molecule has 0 aliphatic rings. The molecule has 0 aromatic carbocycles. The Kier molecular flexibility index (Phi) is 40.0. The lowest BCUT2D eigenvalue weighted by Gasteiger charge is -2.20. The highest BCUT2D eigenvalue weighted by Gasteiger charge is 2.28. The van der Waals surface area contributed by atoms with Crippen molar-refractivity contribution in [2.75, 3.05) is 19.8 Å². The van der Waals surface area contributed by atoms with Crippen molar-refractivity contribution in [3.05, 3.63) is 60.8 Å². The highest BCUT2D eigenvalue weighted by Crippen LogP contribution is 2.43. The van der Waals surface area contributed by atoms with Crippen molar-refractivity contribution in [2.24, 2.45) is 5.73 Å². The zero-order valence-corrected chi connectivity index (χ0v) is 38.6. The van der Waals surface area contributed by atoms with E-state index in [2.05, 4.69) is 54.8 Å². The quantitative estimate of drug-likeness (QED) is 0.0131. The lowest BCUT2D eigenvalue weighted by molar-refractivity contribution is -0.161. The lowest BCUT2D eigenvalue weighted by atomic mass is 10.1. The molecule has 13 heteroatoms. The van der Waals surface area contributed by atoms with E-state index in [0.29, 0.717) is 6.42 Å². The summed E-state index contributed by atoms with van der Waals surface area (Å²) in [5.74, 6) is -2.81. The van der Waals surface area contributed by atoms with Gasteiger partial charge >= 0.3 is 25.7 Å². The molecular weight excluding hydrogens is 797 g/mol. The largest absolute Gasteiger partial charge is 0.480 e. The summed E-state index contributed by atoms with van der Waals surface area (Å²) in [6.45, 7) is 2.53. The average Bonchev–Trinajstić information content (AvgIpc) is 3.23. The average molecular weight is 880 g/mol. The maximum absolute atomic E-state index is 12.7. The number of hydrogen-bond donors (Lipinski definition) is 3. The summed E-state index contributed by atoms with van der Waals surface area (Å²) >= 11 is 0. The molecule has 1 unspecified atom stereocenters. The lowest BCUT2D eigenvalue weighted by Crippen LogP contribution is -2.34. The summed E-state index contributed by atoms with van der Waals surface area (Å²) < 4.78 is 32.5. The molecule has 4 N–H and O–H groups in total. The van der Waals surface area contributed by atoms with Crippen LogP contribution in [0.3, 0.4) is 0 Å². The molecule has 0 aliphatic carbocycles. The molecule has 0 aromatic rings. The van der Waals surface area contributed by atoms with E-state index in [1.807, 2.05) is 6.08 Å². The van der Waals surface area contributed by atoms with Crippen LogP contribution in [0.1, 0.15) is 187 Å². The fourth-order valence-corrected chi connectivity index (χ4v) is 6.79. The van der Waals surface area contributed by atoms with Crippen molar-refractivity contribution in [3.63, 3.8) is 0 Å². The van der Waals surface area contributed by atoms with Gasteiger partial charge in [-0.1, -0.05) is 158 Å². The van der Waals surface area contributed by atoms with E-state index in [9.17, 15) is 28.6 Å². The minimum atomic E-state index is -4.78. The summed E-state index contributed by atoms with van der Waals surface area (Å²) in [7, 11) is -4.78. The molecule has 0 amide bonds. The SMILES string of the molecule is CCCCC/C=C\C/C=C\C/C=C\C=C\C(=O)CCCC(=O)OC[C@H](COP(=O)(O)OC[C@H](N)C(=O)O)OC(=O)CCCCCCCCCCC/C=C\CCCCCCCC. The number of carboxylic acids is 1. The van der Waals surface area contributed by atoms with Crippen molar-refractivity contribution in [3.8, 4) is 0 Å². The molecule has 0 bridgehead atoms. The summed E-state index contributed by atoms with van der Waals surface area (Å²) in [5, 5.41) is 8.90. The Hall–Kier alpha value is -3.15. The summed E-state index contributed by atoms with van der Waals surface area (Å²) in [6, 6.07) is -1.56. The standard InChI is InChI=1S/C48H82NO11P/c1-3-5-7-9-11-13-15-17-18-19-20-21-22-24-26-28-30-32-34-38-47(52)60-44(41-58-61(55,56)59-42-45(49)48(53)54)40-57-46(51)39-35-37-43(50)36-33-31-29-27-25-23-16-14-12-10-8-6-4-2/h12,14,17-18,23,25,29,31,33,36,44-45H,3-11,13,15-16,19-22,24,26-28,30,32,34-35,37-42,49H2,1-2H3,(H,53,54)(H,55,56)/b14-12-,18-17-,25-23-,31-29-,36-33+/t44-,45+/m1/s1. The Morgan fingerprint density at radius 1 is 0.557 bits per heavy atom. The van der Waals surface area contributed by atoms with Crippen LogP contribution in [-0.2, 0) is 42.3 Å². The third kappa shape index (κ3) is 42.0. The summed E-state index contributed by atoms with van der Waals surface area (Å²) in [4.78, 5) is 58.2. The number of ether oxygens (including phenoxy) is 2. The van der Waals surface area contributed by atoms with Crippen molar-refractivity contribution in [1.82, 2.24) is 0 Å². The van der Waals surface area contributed by atoms with E-state index in [4.69, 9.17) is 24.8 Å². The van der Waals surface area contributed by atoms with Crippen LogP contribution in [0.15, 0.2) is 60.8 Å². The van der Waals surface area contributed by atoms with Crippen molar-refractivity contribution < 1.29 is 52.3 Å². The topological polar surface area (TPSA) is 189 Å². The van der Waals surface area contributed by atoms with Crippen LogP contribution in [0.5, 0.6) is 0 Å². The van der Waals surface area contributed by atoms with Crippen molar-refractivity contribution >= 4 is 31.5 Å². The second-order valence-electron chi connectivity index (χ2n) is 15.6. The van der Waals surface area contributed by atoms with Crippen LogP contribution >= 0.6 is 7.82 Å². The van der Waals surface area contributed by atoms with Crippen LogP contribution in [0, 0.1) is 0 Å². The monoisotopic (exact) mass is 880 g/mol. The van der Waals surface area contributed by atoms with E-state index in [0.717, 1.165) is 51.4 Å². The molecular formula is C48H82NO11P. The fraction of sp³-hybridized carbons (Fsp3) is 0.708. The van der Waals surface area contributed by atoms with Gasteiger partial charge < -0.3 is 25.2 Å². The van der Waals surface area contributed by atoms with E-state index in [-0.39, 0.29) is 31.5 Å². The zero-order chi connectivity index (χ0) is 45.1. The number of allylic oxidation sites excluding steroid dienone is 10. The van der Waals surface area contributed by atoms with Crippen molar-refractivity contribution in [1.29, 1.82) is 0 Å². The number of ketones is 1. The Bertz CT molecular complexity index is 1330. The molecule has 12 nitrogen and oxygen atoms in total. The summed E-state index contributed by atoms with van der Waals surface area (Å²) in [5.41, 5.74) is 5.32. The van der Waals surface area contributed by atoms with E-state index < -0.39 is 57.7 Å². The molecule has 61 heavy (non-hydrogen) atoms. The molecule has 0 saturated heterocycles. The minimum Gasteiger partial charge on any atom is -0.480 e. The predicted molar refractivity (Wildman–Crippen MR) is 245 cm³/mol. The first kappa shape index (κ1) is 57.9. The molecule has 0 radical (unpaired) electrons. The minimum absolute atomic E-state index is 0.0693. The number of aliphatic carboxylic acids is 1. The molecule has 0 rings (SSSR count). The van der Waals surface area contributed by atoms with E-state index in [1.165, 1.54) is 96.0 Å². The number of phosphoric acid groups is 1. The molecule has 0 aromatic heterocycles. The Labute approximate surface area is 368 Å². The number of hydrogen-bond acceptors (Lipinski definition) is 10. The third-order valence-electron chi connectivity index (χ3n) is 9.71. The molecule has 0 aliphatic heterocycles. The van der Waals surface area contributed by atoms with Crippen LogP contribution in [0.25, 0.3) is 0 Å². The number of rotatable bonds is 43. The number of carbonyl (C=O) groups excluding carboxylic acids is 3. The highest BCUT2D eigenvalue weighted by atomic mass is 31.2. The zero-order valence-electron chi connectivity index (χ0n) is 37.7. The number of esters is 2. The Morgan fingerprint density at radius 2 is 1.03 bits per heavy atom. The second kappa shape index (κ2) is 42.2. The first-order valence-corrected chi connectivity index (χ1v) is 24.8. The normalized spacial score (nSPS) is 14.1. The van der Waals surface area contributed by atoms with Gasteiger partial charge in [-0.05, 0) is 70.3 Å². The van der Waals surface area contributed by atoms with Crippen molar-refractivity contribution in [2.45, 2.75) is 199 Å². The molecule has 0 heterocycles. The van der Waals surface area contributed by atoms with Gasteiger partial charge in [-0.2, -0.15) is 0 Å². The van der Waals surface area contributed by atoms with E-state index >= 15 is 0 Å². The van der Waals surface area contributed by atoms with Gasteiger partial charge in [0.15, 0.2) is 11.9 Å². The maximum atomic E-state index is 12.7. The summed E-state index contributed by atoms with van der Waals surface area (Å²) in [6.07, 6.45) is 45.7. The number of unbranched alkanes of at least 4 members (excludes halogenated alkanes) is 18. The van der Waals surface area contributed by atoms with Gasteiger partial charge in [0.05, 0.1) is 13.2 Å². The predicted octanol–water partition coefficient (Wildman–Crippen LogP) is 11.9. The highest BCUT2D eigenvalue weighted by molar-refractivity contribution is 7.47. The molecule has 0 saturated carbocycles. The third-order valence-corrected chi connectivity index (χ3v) is 10.7. The maximum Gasteiger partial charge on any atom is 0.472 e. The fourth-order valence-electron chi connectivity index (χ4n) is 6.01. The molecule has 0 fully saturated rings. The van der Waals surface area contributed by atoms with Gasteiger partial charge in [0.25, 0.3) is 0 Å². The second-order valence-corrected chi connectivity index (χ2v) is 17.0. The molecule has 3 atom stereocenters. The number of nitrogens with two attached hydrogens (primary N) is 1. The van der Waals surface area contributed by atoms with Crippen LogP contribution < -0.4 is 5.73 Å². The van der Waals surface area contributed by atoms with Crippen LogP contribution in [0.4, 0.5) is 0 Å². The number of carboxylic acid groups (broad SMARTS) is 1. The van der Waals surface area contributed by atoms with Gasteiger partial charge in [-0.25, -0.2) is 4.57 Å². The van der Waals surface area contributed by atoms with Gasteiger partial charge in [0.1, 0.15) is 12.6 Å².